The Bertz CT molecular complexity index is 543. The zero-order valence-electron chi connectivity index (χ0n) is 10.8. The van der Waals surface area contributed by atoms with Gasteiger partial charge in [-0.3, -0.25) is 0 Å². The van der Waals surface area contributed by atoms with Crippen molar-refractivity contribution >= 4 is 12.0 Å². The maximum Gasteiger partial charge on any atom is 0.326 e. The monoisotopic (exact) mass is 280 g/mol. The highest BCUT2D eigenvalue weighted by Crippen LogP contribution is 2.22. The minimum absolute atomic E-state index is 0.0702. The Morgan fingerprint density at radius 3 is 2.90 bits per heavy atom. The van der Waals surface area contributed by atoms with Crippen molar-refractivity contribution in [1.82, 2.24) is 19.4 Å². The van der Waals surface area contributed by atoms with E-state index in [-0.39, 0.29) is 19.0 Å². The van der Waals surface area contributed by atoms with Crippen LogP contribution in [0, 0.1) is 0 Å². The van der Waals surface area contributed by atoms with Crippen LogP contribution in [0.2, 0.25) is 0 Å². The van der Waals surface area contributed by atoms with Gasteiger partial charge in [0, 0.05) is 38.4 Å². The third-order valence-electron chi connectivity index (χ3n) is 3.83. The summed E-state index contributed by atoms with van der Waals surface area (Å²) in [5.74, 6) is -0.287. The number of aliphatic hydroxyl groups excluding tert-OH is 1. The summed E-state index contributed by atoms with van der Waals surface area (Å²) < 4.78 is 1.97. The molecule has 1 fully saturated rings. The predicted molar refractivity (Wildman–Crippen MR) is 66.8 cm³/mol. The molecule has 2 atom stereocenters. The molecule has 0 aliphatic carbocycles. The van der Waals surface area contributed by atoms with Crippen LogP contribution in [0.3, 0.4) is 0 Å². The van der Waals surface area contributed by atoms with E-state index >= 15 is 0 Å². The lowest BCUT2D eigenvalue weighted by molar-refractivity contribution is -0.141. The molecule has 8 nitrogen and oxygen atoms in total. The summed E-state index contributed by atoms with van der Waals surface area (Å²) in [5, 5.41) is 18.7. The van der Waals surface area contributed by atoms with Gasteiger partial charge in [0.15, 0.2) is 0 Å². The molecule has 108 valence electrons. The number of rotatable bonds is 1. The van der Waals surface area contributed by atoms with E-state index in [9.17, 15) is 14.7 Å². The summed E-state index contributed by atoms with van der Waals surface area (Å²) in [6.07, 6.45) is 2.86. The number of urea groups is 1. The van der Waals surface area contributed by atoms with Crippen LogP contribution < -0.4 is 0 Å². The molecule has 20 heavy (non-hydrogen) atoms. The fraction of sp³-hybridized carbons (Fsp3) is 0.583. The first-order valence-electron chi connectivity index (χ1n) is 6.52. The molecule has 0 spiro atoms. The van der Waals surface area contributed by atoms with Crippen molar-refractivity contribution in [1.29, 1.82) is 0 Å². The lowest BCUT2D eigenvalue weighted by Crippen LogP contribution is -2.50. The van der Waals surface area contributed by atoms with E-state index in [0.717, 1.165) is 5.82 Å². The quantitative estimate of drug-likeness (QED) is 0.711. The predicted octanol–water partition coefficient (Wildman–Crippen LogP) is -0.661. The van der Waals surface area contributed by atoms with Gasteiger partial charge in [-0.25, -0.2) is 14.6 Å². The molecule has 0 saturated carbocycles. The summed E-state index contributed by atoms with van der Waals surface area (Å²) >= 11 is 0. The standard InChI is InChI=1S/C12H16N4O4/c17-8-5-9(11(18)19)16(6-8)12(20)15-4-3-14-2-1-13-10(14)7-15/h1-2,8-9,17H,3-7H2,(H,18,19)/t8-,9-/m0/s1. The van der Waals surface area contributed by atoms with E-state index in [1.54, 1.807) is 11.1 Å². The van der Waals surface area contributed by atoms with Crippen LogP contribution in [0.5, 0.6) is 0 Å². The van der Waals surface area contributed by atoms with Gasteiger partial charge in [-0.15, -0.1) is 0 Å². The van der Waals surface area contributed by atoms with Crippen LogP contribution in [0.25, 0.3) is 0 Å². The van der Waals surface area contributed by atoms with Crippen molar-refractivity contribution < 1.29 is 19.8 Å². The van der Waals surface area contributed by atoms with E-state index in [1.165, 1.54) is 4.90 Å². The van der Waals surface area contributed by atoms with Gasteiger partial charge in [0.25, 0.3) is 0 Å². The number of nitrogens with zero attached hydrogens (tertiary/aromatic N) is 4. The van der Waals surface area contributed by atoms with Crippen molar-refractivity contribution in [2.75, 3.05) is 13.1 Å². The fourth-order valence-corrected chi connectivity index (χ4v) is 2.78. The Morgan fingerprint density at radius 2 is 2.15 bits per heavy atom. The topological polar surface area (TPSA) is 98.9 Å². The van der Waals surface area contributed by atoms with Crippen molar-refractivity contribution in [3.63, 3.8) is 0 Å². The van der Waals surface area contributed by atoms with E-state index in [1.807, 2.05) is 10.8 Å². The molecule has 2 N–H and O–H groups in total. The SMILES string of the molecule is O=C(O)[C@@H]1C[C@H](O)CN1C(=O)N1CCn2ccnc2C1. The Hall–Kier alpha value is -2.09. The molecule has 0 aromatic carbocycles. The number of aliphatic carboxylic acids is 1. The number of carboxylic acid groups (broad SMARTS) is 1. The van der Waals surface area contributed by atoms with E-state index in [0.29, 0.717) is 19.6 Å². The molecule has 2 aliphatic heterocycles. The number of imidazole rings is 1. The number of fused-ring (bicyclic) bond motifs is 1. The molecule has 8 heteroatoms. The first-order valence-corrected chi connectivity index (χ1v) is 6.52. The molecule has 0 radical (unpaired) electrons. The van der Waals surface area contributed by atoms with Gasteiger partial charge in [-0.05, 0) is 0 Å². The molecule has 1 aromatic rings. The van der Waals surface area contributed by atoms with E-state index in [2.05, 4.69) is 4.98 Å². The Balaban J connectivity index is 1.74. The van der Waals surface area contributed by atoms with Gasteiger partial charge in [0.2, 0.25) is 0 Å². The fourth-order valence-electron chi connectivity index (χ4n) is 2.78. The van der Waals surface area contributed by atoms with Crippen molar-refractivity contribution in [2.45, 2.75) is 31.7 Å². The number of β-amino-alcohol motifs (C(OH)–C–C–N with tert-alkyl or cyclic N) is 1. The number of carboxylic acids is 1. The average molecular weight is 280 g/mol. The van der Waals surface area contributed by atoms with Gasteiger partial charge in [0.1, 0.15) is 11.9 Å². The molecule has 3 rings (SSSR count). The molecule has 1 aromatic heterocycles. The van der Waals surface area contributed by atoms with Crippen molar-refractivity contribution in [2.24, 2.45) is 0 Å². The Labute approximate surface area is 115 Å². The summed E-state index contributed by atoms with van der Waals surface area (Å²) in [6.45, 7) is 1.60. The number of carbonyl (C=O) groups excluding carboxylic acids is 1. The van der Waals surface area contributed by atoms with E-state index in [4.69, 9.17) is 5.11 Å². The number of hydrogen-bond acceptors (Lipinski definition) is 4. The summed E-state index contributed by atoms with van der Waals surface area (Å²) in [5.41, 5.74) is 0. The smallest absolute Gasteiger partial charge is 0.326 e. The highest BCUT2D eigenvalue weighted by atomic mass is 16.4. The summed E-state index contributed by atoms with van der Waals surface area (Å²) in [4.78, 5) is 30.6. The molecule has 0 bridgehead atoms. The third kappa shape index (κ3) is 2.11. The van der Waals surface area contributed by atoms with Crippen LogP contribution in [-0.2, 0) is 17.9 Å². The first kappa shape index (κ1) is 12.9. The first-order chi connectivity index (χ1) is 9.56. The number of hydrogen-bond donors (Lipinski definition) is 2. The van der Waals surface area contributed by atoms with Crippen LogP contribution in [0.1, 0.15) is 12.2 Å². The van der Waals surface area contributed by atoms with Crippen LogP contribution >= 0.6 is 0 Å². The van der Waals surface area contributed by atoms with Crippen LogP contribution in [-0.4, -0.2) is 66.8 Å². The maximum absolute atomic E-state index is 12.4. The maximum atomic E-state index is 12.4. The molecular weight excluding hydrogens is 264 g/mol. The summed E-state index contributed by atoms with van der Waals surface area (Å²) in [7, 11) is 0. The minimum atomic E-state index is -1.08. The van der Waals surface area contributed by atoms with Crippen LogP contribution in [0.4, 0.5) is 4.79 Å². The number of aromatic nitrogens is 2. The zero-order valence-corrected chi connectivity index (χ0v) is 10.8. The second kappa shape index (κ2) is 4.78. The lowest BCUT2D eigenvalue weighted by Gasteiger charge is -2.32. The number of likely N-dealkylation sites (tertiary alicyclic amines) is 1. The molecule has 1 saturated heterocycles. The summed E-state index contributed by atoms with van der Waals surface area (Å²) in [6, 6.07) is -1.29. The molecule has 2 amide bonds. The Kier molecular flexibility index (Phi) is 3.09. The van der Waals surface area contributed by atoms with Gasteiger partial charge in [-0.1, -0.05) is 0 Å². The highest BCUT2D eigenvalue weighted by Gasteiger charge is 2.41. The molecule has 2 aliphatic rings. The van der Waals surface area contributed by atoms with Gasteiger partial charge in [0.05, 0.1) is 12.6 Å². The second-order valence-electron chi connectivity index (χ2n) is 5.14. The normalized spacial score (nSPS) is 25.6. The largest absolute Gasteiger partial charge is 0.480 e. The number of carbonyl (C=O) groups is 2. The van der Waals surface area contributed by atoms with Crippen LogP contribution in [0.15, 0.2) is 12.4 Å². The molecule has 3 heterocycles. The second-order valence-corrected chi connectivity index (χ2v) is 5.14. The van der Waals surface area contributed by atoms with E-state index < -0.39 is 18.1 Å². The Morgan fingerprint density at radius 1 is 1.35 bits per heavy atom. The average Bonchev–Trinajstić information content (AvgIpc) is 3.02. The molecule has 0 unspecified atom stereocenters. The minimum Gasteiger partial charge on any atom is -0.480 e. The number of aliphatic hydroxyl groups is 1. The van der Waals surface area contributed by atoms with Crippen molar-refractivity contribution in [3.8, 4) is 0 Å². The lowest BCUT2D eigenvalue weighted by atomic mass is 10.2. The number of amides is 2. The highest BCUT2D eigenvalue weighted by molar-refractivity contribution is 5.83. The van der Waals surface area contributed by atoms with Crippen molar-refractivity contribution in [3.05, 3.63) is 18.2 Å². The van der Waals surface area contributed by atoms with Gasteiger partial charge < -0.3 is 24.6 Å². The molecular formula is C12H16N4O4. The zero-order chi connectivity index (χ0) is 14.3. The van der Waals surface area contributed by atoms with Gasteiger partial charge in [-0.2, -0.15) is 0 Å². The third-order valence-corrected chi connectivity index (χ3v) is 3.83. The van der Waals surface area contributed by atoms with Gasteiger partial charge >= 0.3 is 12.0 Å².